The number of aromatic carboxylic acids is 1. The van der Waals surface area contributed by atoms with Crippen LogP contribution in [0.5, 0.6) is 11.5 Å². The fourth-order valence-electron chi connectivity index (χ4n) is 4.32. The zero-order valence-corrected chi connectivity index (χ0v) is 19.7. The molecule has 184 valence electrons. The minimum absolute atomic E-state index is 0.0220. The van der Waals surface area contributed by atoms with Crippen molar-refractivity contribution in [3.63, 3.8) is 0 Å². The van der Waals surface area contributed by atoms with Crippen LogP contribution in [0.25, 0.3) is 10.9 Å². The van der Waals surface area contributed by atoms with Crippen molar-refractivity contribution in [3.05, 3.63) is 63.7 Å². The van der Waals surface area contributed by atoms with Gasteiger partial charge >= 0.3 is 5.97 Å². The summed E-state index contributed by atoms with van der Waals surface area (Å²) in [5, 5.41) is 9.34. The smallest absolute Gasteiger partial charge is 0.341 e. The summed E-state index contributed by atoms with van der Waals surface area (Å²) in [6.45, 7) is 3.74. The van der Waals surface area contributed by atoms with E-state index in [0.717, 1.165) is 6.07 Å². The van der Waals surface area contributed by atoms with Crippen LogP contribution in [0.4, 0.5) is 10.1 Å². The molecule has 0 saturated carbocycles. The van der Waals surface area contributed by atoms with Crippen molar-refractivity contribution in [3.8, 4) is 11.5 Å². The predicted octanol–water partition coefficient (Wildman–Crippen LogP) is 2.84. The summed E-state index contributed by atoms with van der Waals surface area (Å²) < 4.78 is 27.2. The Morgan fingerprint density at radius 2 is 1.63 bits per heavy atom. The van der Waals surface area contributed by atoms with Gasteiger partial charge in [-0.2, -0.15) is 0 Å². The molecular weight excluding hydrogens is 457 g/mol. The number of benzene rings is 2. The number of aromatic nitrogens is 1. The molecule has 3 aromatic rings. The van der Waals surface area contributed by atoms with Crippen LogP contribution in [-0.4, -0.2) is 66.8 Å². The number of carboxylic acid groups (broad SMARTS) is 1. The number of hydrogen-bond acceptors (Lipinski definition) is 6. The Morgan fingerprint density at radius 1 is 1.00 bits per heavy atom. The van der Waals surface area contributed by atoms with Crippen LogP contribution < -0.4 is 19.8 Å². The van der Waals surface area contributed by atoms with Gasteiger partial charge in [0.2, 0.25) is 5.43 Å². The third-order valence-electron chi connectivity index (χ3n) is 6.23. The van der Waals surface area contributed by atoms with Crippen molar-refractivity contribution in [2.45, 2.75) is 13.5 Å². The maximum Gasteiger partial charge on any atom is 0.341 e. The number of nitrogens with zero attached hydrogens (tertiary/aromatic N) is 3. The second kappa shape index (κ2) is 9.65. The average molecular weight is 483 g/mol. The molecule has 0 atom stereocenters. The third kappa shape index (κ3) is 4.51. The van der Waals surface area contributed by atoms with E-state index in [2.05, 4.69) is 0 Å². The van der Waals surface area contributed by atoms with Gasteiger partial charge in [0.1, 0.15) is 22.9 Å². The van der Waals surface area contributed by atoms with Gasteiger partial charge in [-0.05, 0) is 31.2 Å². The van der Waals surface area contributed by atoms with Gasteiger partial charge in [0.15, 0.2) is 0 Å². The summed E-state index contributed by atoms with van der Waals surface area (Å²) in [6, 6.07) is 7.66. The van der Waals surface area contributed by atoms with E-state index in [4.69, 9.17) is 9.47 Å². The van der Waals surface area contributed by atoms with Crippen molar-refractivity contribution in [2.24, 2.45) is 0 Å². The first-order valence-corrected chi connectivity index (χ1v) is 11.1. The first-order valence-electron chi connectivity index (χ1n) is 11.1. The van der Waals surface area contributed by atoms with E-state index in [9.17, 15) is 19.5 Å². The monoisotopic (exact) mass is 483 g/mol. The highest BCUT2D eigenvalue weighted by atomic mass is 19.1. The lowest BCUT2D eigenvalue weighted by atomic mass is 10.1. The van der Waals surface area contributed by atoms with Crippen LogP contribution in [0.3, 0.4) is 0 Å². The van der Waals surface area contributed by atoms with E-state index in [1.165, 1.54) is 20.4 Å². The van der Waals surface area contributed by atoms with Crippen LogP contribution in [0.15, 0.2) is 41.3 Å². The molecule has 0 unspecified atom stereocenters. The number of anilines is 1. The van der Waals surface area contributed by atoms with Crippen molar-refractivity contribution < 1.29 is 28.6 Å². The minimum Gasteiger partial charge on any atom is -0.497 e. The van der Waals surface area contributed by atoms with Crippen LogP contribution in [0.1, 0.15) is 27.6 Å². The zero-order chi connectivity index (χ0) is 25.3. The molecule has 1 amide bonds. The van der Waals surface area contributed by atoms with Gasteiger partial charge in [-0.3, -0.25) is 9.59 Å². The van der Waals surface area contributed by atoms with E-state index in [1.54, 1.807) is 33.7 Å². The quantitative estimate of drug-likeness (QED) is 0.575. The molecule has 0 radical (unpaired) electrons. The van der Waals surface area contributed by atoms with E-state index in [0.29, 0.717) is 61.0 Å². The molecular formula is C25H26FN3O6. The van der Waals surface area contributed by atoms with Crippen LogP contribution in [0, 0.1) is 5.82 Å². The van der Waals surface area contributed by atoms with E-state index in [1.807, 2.05) is 11.8 Å². The number of carbonyl (C=O) groups is 2. The highest BCUT2D eigenvalue weighted by Gasteiger charge is 2.26. The fourth-order valence-corrected chi connectivity index (χ4v) is 4.32. The number of piperazine rings is 1. The Kier molecular flexibility index (Phi) is 6.63. The Balaban J connectivity index is 1.59. The average Bonchev–Trinajstić information content (AvgIpc) is 2.88. The molecule has 4 rings (SSSR count). The van der Waals surface area contributed by atoms with Gasteiger partial charge < -0.3 is 28.9 Å². The molecule has 1 aliphatic heterocycles. The number of fused-ring (bicyclic) bond motifs is 1. The first kappa shape index (κ1) is 24.1. The zero-order valence-electron chi connectivity index (χ0n) is 19.7. The molecule has 1 aliphatic rings. The predicted molar refractivity (Wildman–Crippen MR) is 128 cm³/mol. The highest BCUT2D eigenvalue weighted by Crippen LogP contribution is 2.28. The van der Waals surface area contributed by atoms with Gasteiger partial charge in [-0.25, -0.2) is 9.18 Å². The molecule has 1 N–H and O–H groups in total. The number of hydrogen-bond donors (Lipinski definition) is 1. The Morgan fingerprint density at radius 3 is 2.17 bits per heavy atom. The Hall–Kier alpha value is -4.08. The Bertz CT molecular complexity index is 1340. The number of carbonyl (C=O) groups excluding carboxylic acids is 1. The van der Waals surface area contributed by atoms with E-state index in [-0.39, 0.29) is 11.3 Å². The van der Waals surface area contributed by atoms with E-state index >= 15 is 4.39 Å². The molecule has 0 aliphatic carbocycles. The number of aryl methyl sites for hydroxylation is 1. The van der Waals surface area contributed by atoms with Gasteiger partial charge in [0.05, 0.1) is 25.4 Å². The lowest BCUT2D eigenvalue weighted by molar-refractivity contribution is 0.0693. The van der Waals surface area contributed by atoms with Crippen molar-refractivity contribution in [1.29, 1.82) is 0 Å². The molecule has 35 heavy (non-hydrogen) atoms. The van der Waals surface area contributed by atoms with Gasteiger partial charge in [-0.1, -0.05) is 0 Å². The summed E-state index contributed by atoms with van der Waals surface area (Å²) in [5.41, 5.74) is 0.0884. The topological polar surface area (TPSA) is 101 Å². The summed E-state index contributed by atoms with van der Waals surface area (Å²) in [6.07, 6.45) is 1.29. The number of rotatable bonds is 6. The first-order chi connectivity index (χ1) is 16.8. The second-order valence-corrected chi connectivity index (χ2v) is 8.16. The summed E-state index contributed by atoms with van der Waals surface area (Å²) >= 11 is 0. The second-order valence-electron chi connectivity index (χ2n) is 8.16. The highest BCUT2D eigenvalue weighted by molar-refractivity contribution is 5.95. The Labute approximate surface area is 200 Å². The van der Waals surface area contributed by atoms with Crippen LogP contribution in [-0.2, 0) is 6.54 Å². The summed E-state index contributed by atoms with van der Waals surface area (Å²) in [7, 11) is 3.03. The largest absolute Gasteiger partial charge is 0.497 e. The molecule has 9 nitrogen and oxygen atoms in total. The van der Waals surface area contributed by atoms with Gasteiger partial charge in [-0.15, -0.1) is 0 Å². The van der Waals surface area contributed by atoms with Gasteiger partial charge in [0.25, 0.3) is 5.91 Å². The maximum atomic E-state index is 15.1. The molecule has 2 aromatic carbocycles. The van der Waals surface area contributed by atoms with Crippen LogP contribution in [0.2, 0.25) is 0 Å². The van der Waals surface area contributed by atoms with E-state index < -0.39 is 22.8 Å². The van der Waals surface area contributed by atoms with Gasteiger partial charge in [0, 0.05) is 55.9 Å². The SMILES string of the molecule is CCn1cc(C(=O)O)c(=O)c2cc(F)c(N3CCN(C(=O)c4cc(OC)cc(OC)c4)CC3)cc21. The minimum atomic E-state index is -1.35. The molecule has 1 saturated heterocycles. The third-order valence-corrected chi connectivity index (χ3v) is 6.23. The molecule has 10 heteroatoms. The van der Waals surface area contributed by atoms with Crippen molar-refractivity contribution in [1.82, 2.24) is 9.47 Å². The summed E-state index contributed by atoms with van der Waals surface area (Å²) in [4.78, 5) is 40.6. The normalized spacial score (nSPS) is 13.7. The molecule has 2 heterocycles. The number of amides is 1. The number of halogens is 1. The maximum absolute atomic E-state index is 15.1. The lowest BCUT2D eigenvalue weighted by Crippen LogP contribution is -2.49. The molecule has 1 fully saturated rings. The molecule has 1 aromatic heterocycles. The number of methoxy groups -OCH3 is 2. The van der Waals surface area contributed by atoms with Crippen molar-refractivity contribution in [2.75, 3.05) is 45.3 Å². The number of ether oxygens (including phenoxy) is 2. The number of pyridine rings is 1. The number of carboxylic acids is 1. The fraction of sp³-hybridized carbons (Fsp3) is 0.320. The summed E-state index contributed by atoms with van der Waals surface area (Å²) in [5.74, 6) is -1.12. The van der Waals surface area contributed by atoms with Crippen molar-refractivity contribution >= 4 is 28.5 Å². The molecule has 0 spiro atoms. The lowest BCUT2D eigenvalue weighted by Gasteiger charge is -2.36. The molecule has 0 bridgehead atoms. The van der Waals surface area contributed by atoms with Crippen LogP contribution >= 0.6 is 0 Å². The standard InChI is InChI=1S/C25H26FN3O6/c1-4-27-14-19(25(32)33)23(30)18-12-20(26)22(13-21(18)27)28-5-7-29(8-6-28)24(31)15-9-16(34-2)11-17(10-15)35-3/h9-14H,4-8H2,1-3H3,(H,32,33).